The Labute approximate surface area is 101 Å². The highest BCUT2D eigenvalue weighted by Gasteiger charge is 2.19. The SMILES string of the molecule is CC(C)C(NS(=O)O)c1ccccc1Br. The molecule has 0 aromatic heterocycles. The molecule has 2 unspecified atom stereocenters. The maximum atomic E-state index is 10.8. The van der Waals surface area contributed by atoms with Crippen LogP contribution in [-0.2, 0) is 11.3 Å². The van der Waals surface area contributed by atoms with E-state index < -0.39 is 11.3 Å². The van der Waals surface area contributed by atoms with Gasteiger partial charge in [0.05, 0.1) is 0 Å². The fourth-order valence-corrected chi connectivity index (χ4v) is 2.54. The summed E-state index contributed by atoms with van der Waals surface area (Å²) in [7, 11) is 0. The van der Waals surface area contributed by atoms with E-state index in [9.17, 15) is 4.21 Å². The largest absolute Gasteiger partial charge is 0.294 e. The van der Waals surface area contributed by atoms with Gasteiger partial charge >= 0.3 is 0 Å². The van der Waals surface area contributed by atoms with E-state index in [4.69, 9.17) is 4.55 Å². The molecule has 0 amide bonds. The molecule has 0 fully saturated rings. The van der Waals surface area contributed by atoms with E-state index in [1.165, 1.54) is 0 Å². The van der Waals surface area contributed by atoms with E-state index in [2.05, 4.69) is 20.7 Å². The minimum absolute atomic E-state index is 0.133. The first-order chi connectivity index (χ1) is 7.02. The van der Waals surface area contributed by atoms with Gasteiger partial charge in [0.2, 0.25) is 11.3 Å². The first-order valence-electron chi connectivity index (χ1n) is 4.64. The van der Waals surface area contributed by atoms with Crippen LogP contribution in [0, 0.1) is 5.92 Å². The zero-order valence-electron chi connectivity index (χ0n) is 8.61. The third-order valence-electron chi connectivity index (χ3n) is 2.13. The lowest BCUT2D eigenvalue weighted by Gasteiger charge is -2.21. The summed E-state index contributed by atoms with van der Waals surface area (Å²) in [5.41, 5.74) is 0.995. The molecule has 3 nitrogen and oxygen atoms in total. The van der Waals surface area contributed by atoms with E-state index in [1.807, 2.05) is 38.1 Å². The lowest BCUT2D eigenvalue weighted by atomic mass is 9.97. The van der Waals surface area contributed by atoms with Crippen molar-refractivity contribution in [2.24, 2.45) is 5.92 Å². The Hall–Kier alpha value is -0.230. The molecule has 84 valence electrons. The summed E-state index contributed by atoms with van der Waals surface area (Å²) < 4.78 is 23.2. The van der Waals surface area contributed by atoms with Crippen molar-refractivity contribution in [3.8, 4) is 0 Å². The number of hydrogen-bond donors (Lipinski definition) is 2. The van der Waals surface area contributed by atoms with Crippen molar-refractivity contribution in [3.63, 3.8) is 0 Å². The van der Waals surface area contributed by atoms with E-state index in [0.717, 1.165) is 10.0 Å². The second kappa shape index (κ2) is 5.75. The summed E-state index contributed by atoms with van der Waals surface area (Å²) in [6.07, 6.45) is 0. The van der Waals surface area contributed by atoms with Crippen LogP contribution in [-0.4, -0.2) is 8.76 Å². The van der Waals surface area contributed by atoms with Gasteiger partial charge < -0.3 is 0 Å². The zero-order valence-corrected chi connectivity index (χ0v) is 11.0. The average Bonchev–Trinajstić information content (AvgIpc) is 2.15. The molecule has 0 saturated heterocycles. The summed E-state index contributed by atoms with van der Waals surface area (Å²) in [6.45, 7) is 4.01. The summed E-state index contributed by atoms with van der Waals surface area (Å²) in [5, 5.41) is 0. The van der Waals surface area contributed by atoms with E-state index in [1.54, 1.807) is 0 Å². The standard InChI is InChI=1S/C10H14BrNO2S/c1-7(2)10(12-15(13)14)8-5-3-4-6-9(8)11/h3-7,10,12H,1-2H3,(H,13,14). The number of rotatable bonds is 4. The van der Waals surface area contributed by atoms with Gasteiger partial charge in [0.1, 0.15) is 0 Å². The quantitative estimate of drug-likeness (QED) is 0.838. The topological polar surface area (TPSA) is 49.3 Å². The third kappa shape index (κ3) is 3.68. The van der Waals surface area contributed by atoms with Crippen molar-refractivity contribution >= 4 is 27.2 Å². The van der Waals surface area contributed by atoms with Crippen LogP contribution >= 0.6 is 15.9 Å². The molecular formula is C10H14BrNO2S. The van der Waals surface area contributed by atoms with Gasteiger partial charge in [0, 0.05) is 10.5 Å². The lowest BCUT2D eigenvalue weighted by Crippen LogP contribution is -2.27. The average molecular weight is 292 g/mol. The predicted octanol–water partition coefficient (Wildman–Crippen LogP) is 2.87. The van der Waals surface area contributed by atoms with Gasteiger partial charge in [0.15, 0.2) is 0 Å². The molecule has 0 radical (unpaired) electrons. The maximum Gasteiger partial charge on any atom is 0.232 e. The Morgan fingerprint density at radius 1 is 1.40 bits per heavy atom. The van der Waals surface area contributed by atoms with Crippen molar-refractivity contribution in [2.45, 2.75) is 19.9 Å². The Morgan fingerprint density at radius 2 is 2.00 bits per heavy atom. The van der Waals surface area contributed by atoms with Crippen LogP contribution in [0.1, 0.15) is 25.5 Å². The van der Waals surface area contributed by atoms with Crippen LogP contribution in [0.5, 0.6) is 0 Å². The second-order valence-corrected chi connectivity index (χ2v) is 5.20. The van der Waals surface area contributed by atoms with Gasteiger partial charge in [-0.3, -0.25) is 4.55 Å². The van der Waals surface area contributed by atoms with Crippen LogP contribution < -0.4 is 4.72 Å². The van der Waals surface area contributed by atoms with Crippen LogP contribution in [0.25, 0.3) is 0 Å². The molecule has 0 aliphatic carbocycles. The molecule has 1 aromatic carbocycles. The first kappa shape index (κ1) is 12.8. The van der Waals surface area contributed by atoms with Crippen LogP contribution in [0.3, 0.4) is 0 Å². The van der Waals surface area contributed by atoms with Gasteiger partial charge in [-0.2, -0.15) is 0 Å². The van der Waals surface area contributed by atoms with E-state index in [-0.39, 0.29) is 12.0 Å². The van der Waals surface area contributed by atoms with Crippen molar-refractivity contribution in [1.82, 2.24) is 4.72 Å². The maximum absolute atomic E-state index is 10.8. The summed E-state index contributed by atoms with van der Waals surface area (Å²) in [5.74, 6) is 0.236. The number of benzene rings is 1. The smallest absolute Gasteiger partial charge is 0.232 e. The number of nitrogens with one attached hydrogen (secondary N) is 1. The van der Waals surface area contributed by atoms with Crippen molar-refractivity contribution in [3.05, 3.63) is 34.3 Å². The molecule has 0 aliphatic rings. The van der Waals surface area contributed by atoms with Crippen LogP contribution in [0.15, 0.2) is 28.7 Å². The van der Waals surface area contributed by atoms with Gasteiger partial charge in [-0.05, 0) is 17.5 Å². The van der Waals surface area contributed by atoms with E-state index in [0.29, 0.717) is 0 Å². The molecule has 2 atom stereocenters. The highest BCUT2D eigenvalue weighted by atomic mass is 79.9. The van der Waals surface area contributed by atoms with Crippen molar-refractivity contribution in [2.75, 3.05) is 0 Å². The molecule has 0 heterocycles. The molecule has 0 bridgehead atoms. The Morgan fingerprint density at radius 3 is 2.47 bits per heavy atom. The molecule has 0 saturated carbocycles. The second-order valence-electron chi connectivity index (χ2n) is 3.61. The molecular weight excluding hydrogens is 278 g/mol. The minimum Gasteiger partial charge on any atom is -0.294 e. The monoisotopic (exact) mass is 291 g/mol. The normalized spacial score (nSPS) is 15.3. The predicted molar refractivity (Wildman–Crippen MR) is 65.6 cm³/mol. The van der Waals surface area contributed by atoms with Crippen molar-refractivity contribution in [1.29, 1.82) is 0 Å². The van der Waals surface area contributed by atoms with Gasteiger partial charge in [-0.25, -0.2) is 8.93 Å². The molecule has 2 N–H and O–H groups in total. The molecule has 0 spiro atoms. The molecule has 1 aromatic rings. The molecule has 15 heavy (non-hydrogen) atoms. The van der Waals surface area contributed by atoms with Crippen molar-refractivity contribution < 1.29 is 8.76 Å². The summed E-state index contributed by atoms with van der Waals surface area (Å²) in [4.78, 5) is 0. The summed E-state index contributed by atoms with van der Waals surface area (Å²) in [6, 6.07) is 7.56. The molecule has 0 aliphatic heterocycles. The van der Waals surface area contributed by atoms with Gasteiger partial charge in [0.25, 0.3) is 0 Å². The molecule has 5 heteroatoms. The Kier molecular flexibility index (Phi) is 4.92. The van der Waals surface area contributed by atoms with Crippen LogP contribution in [0.4, 0.5) is 0 Å². The fourth-order valence-electron chi connectivity index (χ4n) is 1.39. The van der Waals surface area contributed by atoms with Gasteiger partial charge in [-0.15, -0.1) is 0 Å². The highest BCUT2D eigenvalue weighted by Crippen LogP contribution is 2.28. The van der Waals surface area contributed by atoms with Gasteiger partial charge in [-0.1, -0.05) is 48.0 Å². The minimum atomic E-state index is -2.00. The summed E-state index contributed by atoms with van der Waals surface area (Å²) >= 11 is 1.44. The Bertz CT molecular complexity index is 357. The molecule has 1 rings (SSSR count). The zero-order chi connectivity index (χ0) is 11.4. The van der Waals surface area contributed by atoms with Crippen LogP contribution in [0.2, 0.25) is 0 Å². The fraction of sp³-hybridized carbons (Fsp3) is 0.400. The third-order valence-corrected chi connectivity index (χ3v) is 3.31. The first-order valence-corrected chi connectivity index (χ1v) is 6.53. The number of halogens is 1. The highest BCUT2D eigenvalue weighted by molar-refractivity contribution is 9.10. The number of hydrogen-bond acceptors (Lipinski definition) is 1. The lowest BCUT2D eigenvalue weighted by molar-refractivity contribution is 0.452. The van der Waals surface area contributed by atoms with E-state index >= 15 is 0 Å². The Balaban J connectivity index is 2.99.